The van der Waals surface area contributed by atoms with Gasteiger partial charge in [0.2, 0.25) is 0 Å². The van der Waals surface area contributed by atoms with Gasteiger partial charge in [0.15, 0.2) is 0 Å². The minimum Gasteiger partial charge on any atom is -0.495 e. The van der Waals surface area contributed by atoms with Crippen LogP contribution in [0.2, 0.25) is 0 Å². The summed E-state index contributed by atoms with van der Waals surface area (Å²) in [6.45, 7) is 0. The fourth-order valence-corrected chi connectivity index (χ4v) is 2.24. The molecular weight excluding hydrogens is 252 g/mol. The fourth-order valence-electron chi connectivity index (χ4n) is 1.31. The number of carbonyl (C=O) groups is 1. The Morgan fingerprint density at radius 1 is 1.67 bits per heavy atom. The molecule has 96 valence electrons. The number of ether oxygens (including phenoxy) is 1. The Kier molecular flexibility index (Phi) is 5.49. The van der Waals surface area contributed by atoms with Crippen LogP contribution in [0.15, 0.2) is 18.2 Å². The van der Waals surface area contributed by atoms with E-state index in [1.165, 1.54) is 18.9 Å². The zero-order chi connectivity index (χ0) is 13.5. The van der Waals surface area contributed by atoms with Gasteiger partial charge in [0.25, 0.3) is 0 Å². The molecule has 1 rings (SSSR count). The summed E-state index contributed by atoms with van der Waals surface area (Å²) >= 11 is 1.42. The second-order valence-electron chi connectivity index (χ2n) is 3.61. The average molecular weight is 266 g/mol. The van der Waals surface area contributed by atoms with E-state index in [1.54, 1.807) is 12.1 Å². The highest BCUT2D eigenvalue weighted by molar-refractivity contribution is 7.98. The highest BCUT2D eigenvalue weighted by atomic mass is 32.2. The first kappa shape index (κ1) is 14.4. The average Bonchev–Trinajstić information content (AvgIpc) is 2.38. The van der Waals surface area contributed by atoms with Crippen molar-refractivity contribution in [3.8, 4) is 11.8 Å². The lowest BCUT2D eigenvalue weighted by atomic mass is 10.1. The first-order valence-electron chi connectivity index (χ1n) is 5.21. The standard InChI is InChI=1S/C12H14N2O3S/c1-17-11-3-2-8(4-9(11)5-13)6-18-7-10(14)12(15)16/h2-4,10H,6-7,14H2,1H3,(H,15,16)/t10-/m1/s1. The van der Waals surface area contributed by atoms with Gasteiger partial charge in [-0.25, -0.2) is 0 Å². The molecule has 0 heterocycles. The largest absolute Gasteiger partial charge is 0.495 e. The van der Waals surface area contributed by atoms with Crippen LogP contribution in [0.3, 0.4) is 0 Å². The van der Waals surface area contributed by atoms with Crippen LogP contribution in [-0.4, -0.2) is 30.0 Å². The van der Waals surface area contributed by atoms with E-state index in [0.717, 1.165) is 5.56 Å². The van der Waals surface area contributed by atoms with E-state index >= 15 is 0 Å². The van der Waals surface area contributed by atoms with Crippen LogP contribution in [-0.2, 0) is 10.5 Å². The lowest BCUT2D eigenvalue weighted by Gasteiger charge is -2.07. The third-order valence-electron chi connectivity index (χ3n) is 2.27. The number of carboxylic acid groups (broad SMARTS) is 1. The molecule has 0 unspecified atom stereocenters. The Morgan fingerprint density at radius 3 is 2.94 bits per heavy atom. The highest BCUT2D eigenvalue weighted by Crippen LogP contribution is 2.21. The van der Waals surface area contributed by atoms with Crippen molar-refractivity contribution < 1.29 is 14.6 Å². The van der Waals surface area contributed by atoms with Crippen LogP contribution in [0.5, 0.6) is 5.75 Å². The molecule has 18 heavy (non-hydrogen) atoms. The van der Waals surface area contributed by atoms with E-state index in [9.17, 15) is 4.79 Å². The summed E-state index contributed by atoms with van der Waals surface area (Å²) < 4.78 is 5.04. The maximum Gasteiger partial charge on any atom is 0.321 e. The molecule has 0 saturated heterocycles. The van der Waals surface area contributed by atoms with Crippen LogP contribution in [0.25, 0.3) is 0 Å². The molecule has 0 radical (unpaired) electrons. The molecule has 1 aromatic carbocycles. The Balaban J connectivity index is 2.59. The van der Waals surface area contributed by atoms with Gasteiger partial charge in [-0.2, -0.15) is 17.0 Å². The maximum absolute atomic E-state index is 10.5. The topological polar surface area (TPSA) is 96.3 Å². The van der Waals surface area contributed by atoms with Gasteiger partial charge in [0.05, 0.1) is 12.7 Å². The smallest absolute Gasteiger partial charge is 0.321 e. The molecule has 0 amide bonds. The summed E-state index contributed by atoms with van der Waals surface area (Å²) in [5.41, 5.74) is 6.80. The van der Waals surface area contributed by atoms with Crippen molar-refractivity contribution in [1.29, 1.82) is 5.26 Å². The van der Waals surface area contributed by atoms with E-state index in [-0.39, 0.29) is 0 Å². The molecule has 5 nitrogen and oxygen atoms in total. The van der Waals surface area contributed by atoms with Gasteiger partial charge in [0.1, 0.15) is 17.9 Å². The molecule has 0 aliphatic rings. The van der Waals surface area contributed by atoms with Crippen molar-refractivity contribution in [3.63, 3.8) is 0 Å². The molecular formula is C12H14N2O3S. The second-order valence-corrected chi connectivity index (χ2v) is 4.64. The number of aliphatic carboxylic acids is 1. The summed E-state index contributed by atoms with van der Waals surface area (Å²) in [4.78, 5) is 10.5. The molecule has 0 aliphatic heterocycles. The number of hydrogen-bond donors (Lipinski definition) is 2. The molecule has 0 saturated carbocycles. The van der Waals surface area contributed by atoms with Gasteiger partial charge in [-0.15, -0.1) is 0 Å². The SMILES string of the molecule is COc1ccc(CSC[C@@H](N)C(=O)O)cc1C#N. The number of nitrogens with two attached hydrogens (primary N) is 1. The number of nitrogens with zero attached hydrogens (tertiary/aromatic N) is 1. The Labute approximate surface area is 110 Å². The summed E-state index contributed by atoms with van der Waals surface area (Å²) in [6, 6.07) is 6.50. The molecule has 0 bridgehead atoms. The predicted octanol–water partition coefficient (Wildman–Crippen LogP) is 1.21. The van der Waals surface area contributed by atoms with Crippen molar-refractivity contribution in [3.05, 3.63) is 29.3 Å². The molecule has 6 heteroatoms. The van der Waals surface area contributed by atoms with E-state index in [4.69, 9.17) is 20.8 Å². The van der Waals surface area contributed by atoms with Gasteiger partial charge in [-0.05, 0) is 17.7 Å². The molecule has 0 fully saturated rings. The molecule has 0 aliphatic carbocycles. The monoisotopic (exact) mass is 266 g/mol. The first-order valence-corrected chi connectivity index (χ1v) is 6.37. The van der Waals surface area contributed by atoms with Crippen molar-refractivity contribution >= 4 is 17.7 Å². The van der Waals surface area contributed by atoms with Crippen LogP contribution >= 0.6 is 11.8 Å². The molecule has 0 spiro atoms. The summed E-state index contributed by atoms with van der Waals surface area (Å²) in [5.74, 6) is 0.478. The fraction of sp³-hybridized carbons (Fsp3) is 0.333. The molecule has 1 atom stereocenters. The first-order chi connectivity index (χ1) is 8.58. The third kappa shape index (κ3) is 3.95. The molecule has 1 aromatic rings. The van der Waals surface area contributed by atoms with Gasteiger partial charge in [-0.3, -0.25) is 4.79 Å². The van der Waals surface area contributed by atoms with Gasteiger partial charge < -0.3 is 15.6 Å². The Hall–Kier alpha value is -1.71. The second kappa shape index (κ2) is 6.89. The van der Waals surface area contributed by atoms with E-state index in [2.05, 4.69) is 6.07 Å². The quantitative estimate of drug-likeness (QED) is 0.803. The molecule has 3 N–H and O–H groups in total. The van der Waals surface area contributed by atoms with Gasteiger partial charge in [-0.1, -0.05) is 6.07 Å². The predicted molar refractivity (Wildman–Crippen MR) is 69.5 cm³/mol. The van der Waals surface area contributed by atoms with E-state index < -0.39 is 12.0 Å². The third-order valence-corrected chi connectivity index (χ3v) is 3.40. The Bertz CT molecular complexity index is 471. The van der Waals surface area contributed by atoms with E-state index in [0.29, 0.717) is 22.8 Å². The van der Waals surface area contributed by atoms with E-state index in [1.807, 2.05) is 6.07 Å². The van der Waals surface area contributed by atoms with Gasteiger partial charge >= 0.3 is 5.97 Å². The number of benzene rings is 1. The van der Waals surface area contributed by atoms with Crippen LogP contribution in [0, 0.1) is 11.3 Å². The molecule has 0 aromatic heterocycles. The summed E-state index contributed by atoms with van der Waals surface area (Å²) in [6.07, 6.45) is 0. The normalized spacial score (nSPS) is 11.6. The van der Waals surface area contributed by atoms with Crippen LogP contribution in [0.4, 0.5) is 0 Å². The van der Waals surface area contributed by atoms with Gasteiger partial charge in [0, 0.05) is 11.5 Å². The van der Waals surface area contributed by atoms with Crippen molar-refractivity contribution in [2.75, 3.05) is 12.9 Å². The lowest BCUT2D eigenvalue weighted by Crippen LogP contribution is -2.32. The maximum atomic E-state index is 10.5. The minimum absolute atomic E-state index is 0.337. The number of nitriles is 1. The zero-order valence-electron chi connectivity index (χ0n) is 9.92. The number of methoxy groups -OCH3 is 1. The number of carboxylic acids is 1. The highest BCUT2D eigenvalue weighted by Gasteiger charge is 2.11. The van der Waals surface area contributed by atoms with Crippen molar-refractivity contribution in [2.24, 2.45) is 5.73 Å². The minimum atomic E-state index is -1.00. The van der Waals surface area contributed by atoms with Crippen LogP contribution in [0.1, 0.15) is 11.1 Å². The number of rotatable bonds is 6. The van der Waals surface area contributed by atoms with Crippen LogP contribution < -0.4 is 10.5 Å². The summed E-state index contributed by atoms with van der Waals surface area (Å²) in [5, 5.41) is 17.6. The number of thioether (sulfide) groups is 1. The van der Waals surface area contributed by atoms with Crippen molar-refractivity contribution in [1.82, 2.24) is 0 Å². The lowest BCUT2D eigenvalue weighted by molar-refractivity contribution is -0.137. The summed E-state index contributed by atoms with van der Waals surface area (Å²) in [7, 11) is 1.51. The number of hydrogen-bond acceptors (Lipinski definition) is 5. The zero-order valence-corrected chi connectivity index (χ0v) is 10.7. The van der Waals surface area contributed by atoms with Crippen molar-refractivity contribution in [2.45, 2.75) is 11.8 Å². The Morgan fingerprint density at radius 2 is 2.39 bits per heavy atom.